The number of halogens is 1. The zero-order valence-corrected chi connectivity index (χ0v) is 9.58. The average molecular weight is 223 g/mol. The van der Waals surface area contributed by atoms with Crippen LogP contribution in [0.5, 0.6) is 0 Å². The van der Waals surface area contributed by atoms with Gasteiger partial charge < -0.3 is 0 Å². The van der Waals surface area contributed by atoms with Gasteiger partial charge in [0.05, 0.1) is 5.69 Å². The van der Waals surface area contributed by atoms with Crippen molar-refractivity contribution >= 4 is 11.6 Å². The Kier molecular flexibility index (Phi) is 2.44. The van der Waals surface area contributed by atoms with Crippen LogP contribution in [0.25, 0.3) is 5.82 Å². The van der Waals surface area contributed by atoms with Crippen molar-refractivity contribution in [2.75, 3.05) is 0 Å². The normalized spacial score (nSPS) is 10.7. The molecule has 0 amide bonds. The minimum absolute atomic E-state index is 0.234. The molecular formula is C10H11ClN4. The van der Waals surface area contributed by atoms with Gasteiger partial charge in [-0.05, 0) is 37.9 Å². The van der Waals surface area contributed by atoms with E-state index in [2.05, 4.69) is 15.1 Å². The van der Waals surface area contributed by atoms with E-state index in [1.54, 1.807) is 16.9 Å². The summed E-state index contributed by atoms with van der Waals surface area (Å²) in [6, 6.07) is 1.78. The molecule has 0 saturated carbocycles. The van der Waals surface area contributed by atoms with Gasteiger partial charge in [0.25, 0.3) is 0 Å². The maximum Gasteiger partial charge on any atom is 0.224 e. The summed E-state index contributed by atoms with van der Waals surface area (Å²) < 4.78 is 1.78. The molecule has 4 nitrogen and oxygen atoms in total. The molecule has 0 radical (unpaired) electrons. The average Bonchev–Trinajstić information content (AvgIpc) is 2.46. The third-order valence-electron chi connectivity index (χ3n) is 2.48. The second-order valence-corrected chi connectivity index (χ2v) is 3.73. The Morgan fingerprint density at radius 2 is 2.00 bits per heavy atom. The third-order valence-corrected chi connectivity index (χ3v) is 2.66. The van der Waals surface area contributed by atoms with Crippen LogP contribution < -0.4 is 0 Å². The molecule has 78 valence electrons. The summed E-state index contributed by atoms with van der Waals surface area (Å²) in [6.07, 6.45) is 1.62. The van der Waals surface area contributed by atoms with Crippen molar-refractivity contribution in [3.63, 3.8) is 0 Å². The summed E-state index contributed by atoms with van der Waals surface area (Å²) in [7, 11) is 0. The SMILES string of the molecule is Cc1nn(-c2ccnc(Cl)n2)c(C)c1C. The molecule has 2 aromatic heterocycles. The maximum absolute atomic E-state index is 5.73. The summed E-state index contributed by atoms with van der Waals surface area (Å²) in [6.45, 7) is 6.02. The summed E-state index contributed by atoms with van der Waals surface area (Å²) in [5.41, 5.74) is 3.24. The first-order valence-electron chi connectivity index (χ1n) is 4.61. The molecule has 0 aromatic carbocycles. The van der Waals surface area contributed by atoms with E-state index in [0.29, 0.717) is 5.82 Å². The van der Waals surface area contributed by atoms with Gasteiger partial charge in [-0.15, -0.1) is 0 Å². The quantitative estimate of drug-likeness (QED) is 0.695. The Morgan fingerprint density at radius 3 is 2.53 bits per heavy atom. The summed E-state index contributed by atoms with van der Waals surface area (Å²) in [5, 5.41) is 4.62. The molecule has 2 aromatic rings. The van der Waals surface area contributed by atoms with Crippen LogP contribution in [0.3, 0.4) is 0 Å². The van der Waals surface area contributed by atoms with Crippen LogP contribution in [0.1, 0.15) is 17.0 Å². The van der Waals surface area contributed by atoms with Gasteiger partial charge in [-0.25, -0.2) is 9.67 Å². The standard InChI is InChI=1S/C10H11ClN4/c1-6-7(2)14-15(8(6)3)9-4-5-12-10(11)13-9/h4-5H,1-3H3. The third kappa shape index (κ3) is 1.72. The summed E-state index contributed by atoms with van der Waals surface area (Å²) in [4.78, 5) is 7.95. The molecule has 0 atom stereocenters. The number of aromatic nitrogens is 4. The first-order valence-corrected chi connectivity index (χ1v) is 4.99. The van der Waals surface area contributed by atoms with E-state index in [9.17, 15) is 0 Å². The molecule has 0 saturated heterocycles. The maximum atomic E-state index is 5.73. The van der Waals surface area contributed by atoms with Crippen LogP contribution in [0.15, 0.2) is 12.3 Å². The van der Waals surface area contributed by atoms with Gasteiger partial charge >= 0.3 is 0 Å². The van der Waals surface area contributed by atoms with Crippen LogP contribution in [0.2, 0.25) is 5.28 Å². The molecular weight excluding hydrogens is 212 g/mol. The second-order valence-electron chi connectivity index (χ2n) is 3.39. The number of hydrogen-bond donors (Lipinski definition) is 0. The van der Waals surface area contributed by atoms with Crippen LogP contribution in [0.4, 0.5) is 0 Å². The van der Waals surface area contributed by atoms with Gasteiger partial charge in [-0.1, -0.05) is 0 Å². The fourth-order valence-corrected chi connectivity index (χ4v) is 1.53. The molecule has 0 aliphatic heterocycles. The van der Waals surface area contributed by atoms with Crippen molar-refractivity contribution in [1.29, 1.82) is 0 Å². The van der Waals surface area contributed by atoms with Crippen molar-refractivity contribution in [3.8, 4) is 5.82 Å². The minimum Gasteiger partial charge on any atom is -0.226 e. The molecule has 2 heterocycles. The number of nitrogens with zero attached hydrogens (tertiary/aromatic N) is 4. The fourth-order valence-electron chi connectivity index (χ4n) is 1.39. The molecule has 0 aliphatic carbocycles. The molecule has 0 unspecified atom stereocenters. The smallest absolute Gasteiger partial charge is 0.224 e. The Bertz CT molecular complexity index is 504. The van der Waals surface area contributed by atoms with Crippen molar-refractivity contribution in [2.45, 2.75) is 20.8 Å². The highest BCUT2D eigenvalue weighted by Gasteiger charge is 2.09. The lowest BCUT2D eigenvalue weighted by Gasteiger charge is -2.02. The van der Waals surface area contributed by atoms with E-state index >= 15 is 0 Å². The topological polar surface area (TPSA) is 43.6 Å². The Balaban J connectivity index is 2.59. The first kappa shape index (κ1) is 10.1. The Morgan fingerprint density at radius 1 is 1.27 bits per heavy atom. The fraction of sp³-hybridized carbons (Fsp3) is 0.300. The van der Waals surface area contributed by atoms with Gasteiger partial charge in [0.1, 0.15) is 0 Å². The molecule has 0 aliphatic rings. The molecule has 0 spiro atoms. The molecule has 15 heavy (non-hydrogen) atoms. The van der Waals surface area contributed by atoms with E-state index in [4.69, 9.17) is 11.6 Å². The molecule has 2 rings (SSSR count). The summed E-state index contributed by atoms with van der Waals surface area (Å²) in [5.74, 6) is 0.698. The molecule has 0 fully saturated rings. The summed E-state index contributed by atoms with van der Waals surface area (Å²) >= 11 is 5.73. The predicted octanol–water partition coefficient (Wildman–Crippen LogP) is 2.24. The molecule has 0 N–H and O–H groups in total. The van der Waals surface area contributed by atoms with Gasteiger partial charge in [0, 0.05) is 18.0 Å². The van der Waals surface area contributed by atoms with Crippen molar-refractivity contribution < 1.29 is 0 Å². The number of hydrogen-bond acceptors (Lipinski definition) is 3. The van der Waals surface area contributed by atoms with Gasteiger partial charge in [-0.2, -0.15) is 10.1 Å². The highest BCUT2D eigenvalue weighted by Crippen LogP contribution is 2.15. The first-order chi connectivity index (χ1) is 7.09. The lowest BCUT2D eigenvalue weighted by atomic mass is 10.2. The van der Waals surface area contributed by atoms with E-state index in [1.807, 2.05) is 20.8 Å². The van der Waals surface area contributed by atoms with Crippen molar-refractivity contribution in [2.24, 2.45) is 0 Å². The van der Waals surface area contributed by atoms with Crippen molar-refractivity contribution in [3.05, 3.63) is 34.5 Å². The van der Waals surface area contributed by atoms with E-state index < -0.39 is 0 Å². The largest absolute Gasteiger partial charge is 0.226 e. The van der Waals surface area contributed by atoms with Crippen molar-refractivity contribution in [1.82, 2.24) is 19.7 Å². The Labute approximate surface area is 92.9 Å². The highest BCUT2D eigenvalue weighted by molar-refractivity contribution is 6.28. The molecule has 5 heteroatoms. The lowest BCUT2D eigenvalue weighted by Crippen LogP contribution is -2.02. The zero-order valence-electron chi connectivity index (χ0n) is 8.82. The van der Waals surface area contributed by atoms with Crippen LogP contribution in [-0.4, -0.2) is 19.7 Å². The predicted molar refractivity (Wildman–Crippen MR) is 58.4 cm³/mol. The second kappa shape index (κ2) is 3.62. The van der Waals surface area contributed by atoms with Crippen LogP contribution in [0, 0.1) is 20.8 Å². The zero-order chi connectivity index (χ0) is 11.0. The number of aryl methyl sites for hydroxylation is 1. The van der Waals surface area contributed by atoms with E-state index in [-0.39, 0.29) is 5.28 Å². The minimum atomic E-state index is 0.234. The van der Waals surface area contributed by atoms with Crippen LogP contribution in [-0.2, 0) is 0 Å². The molecule has 0 bridgehead atoms. The Hall–Kier alpha value is -1.42. The number of rotatable bonds is 1. The van der Waals surface area contributed by atoms with Gasteiger partial charge in [-0.3, -0.25) is 0 Å². The van der Waals surface area contributed by atoms with E-state index in [0.717, 1.165) is 11.4 Å². The van der Waals surface area contributed by atoms with E-state index in [1.165, 1.54) is 5.56 Å². The lowest BCUT2D eigenvalue weighted by molar-refractivity contribution is 0.800. The monoisotopic (exact) mass is 222 g/mol. The highest BCUT2D eigenvalue weighted by atomic mass is 35.5. The van der Waals surface area contributed by atoms with Gasteiger partial charge in [0.2, 0.25) is 5.28 Å². The van der Waals surface area contributed by atoms with Crippen LogP contribution >= 0.6 is 11.6 Å². The van der Waals surface area contributed by atoms with Gasteiger partial charge in [0.15, 0.2) is 5.82 Å².